The number of hydrogen-bond donors (Lipinski definition) is 0. The normalized spacial score (nSPS) is 15.6. The standard InChI is InChI=1S/C21H21N3O4S/c1-16-14-19(7-9-21(16)24(25)26)22-10-12-23(13-11-22)29(27,28)20-8-6-17-4-2-3-5-18(17)15-20/h2-9,14-15H,10-13H2,1H3. The van der Waals surface area contributed by atoms with Crippen LogP contribution < -0.4 is 4.90 Å². The molecule has 1 saturated heterocycles. The first-order valence-electron chi connectivity index (χ1n) is 9.35. The van der Waals surface area contributed by atoms with Crippen molar-refractivity contribution in [3.8, 4) is 0 Å². The molecule has 8 heteroatoms. The number of aryl methyl sites for hydroxylation is 1. The van der Waals surface area contributed by atoms with Gasteiger partial charge >= 0.3 is 0 Å². The molecule has 3 aromatic carbocycles. The second kappa shape index (κ2) is 7.46. The summed E-state index contributed by atoms with van der Waals surface area (Å²) in [6, 6.07) is 17.9. The van der Waals surface area contributed by atoms with Crippen molar-refractivity contribution in [2.45, 2.75) is 11.8 Å². The largest absolute Gasteiger partial charge is 0.369 e. The molecular formula is C21H21N3O4S. The van der Waals surface area contributed by atoms with Crippen LogP contribution in [0.15, 0.2) is 65.6 Å². The van der Waals surface area contributed by atoms with Crippen LogP contribution in [0.3, 0.4) is 0 Å². The highest BCUT2D eigenvalue weighted by Crippen LogP contribution is 2.27. The molecule has 0 N–H and O–H groups in total. The molecule has 0 unspecified atom stereocenters. The smallest absolute Gasteiger partial charge is 0.272 e. The van der Waals surface area contributed by atoms with Crippen LogP contribution in [0.5, 0.6) is 0 Å². The fourth-order valence-corrected chi connectivity index (χ4v) is 5.16. The lowest BCUT2D eigenvalue weighted by Crippen LogP contribution is -2.48. The second-order valence-electron chi connectivity index (χ2n) is 7.13. The van der Waals surface area contributed by atoms with Crippen LogP contribution >= 0.6 is 0 Å². The number of rotatable bonds is 4. The minimum Gasteiger partial charge on any atom is -0.369 e. The minimum atomic E-state index is -3.57. The van der Waals surface area contributed by atoms with Crippen molar-refractivity contribution >= 4 is 32.2 Å². The van der Waals surface area contributed by atoms with Gasteiger partial charge in [-0.3, -0.25) is 10.1 Å². The number of nitro benzene ring substituents is 1. The molecule has 3 aromatic rings. The van der Waals surface area contributed by atoms with Crippen LogP contribution in [0.25, 0.3) is 10.8 Å². The van der Waals surface area contributed by atoms with Crippen molar-refractivity contribution in [2.24, 2.45) is 0 Å². The molecule has 1 fully saturated rings. The molecule has 1 aliphatic rings. The minimum absolute atomic E-state index is 0.0891. The fraction of sp³-hybridized carbons (Fsp3) is 0.238. The molecule has 0 radical (unpaired) electrons. The summed E-state index contributed by atoms with van der Waals surface area (Å²) in [6.07, 6.45) is 0. The van der Waals surface area contributed by atoms with E-state index in [-0.39, 0.29) is 5.69 Å². The van der Waals surface area contributed by atoms with Crippen molar-refractivity contribution in [1.82, 2.24) is 4.31 Å². The maximum absolute atomic E-state index is 13.1. The van der Waals surface area contributed by atoms with Gasteiger partial charge < -0.3 is 4.90 Å². The summed E-state index contributed by atoms with van der Waals surface area (Å²) in [4.78, 5) is 13.0. The first kappa shape index (κ1) is 19.4. The van der Waals surface area contributed by atoms with E-state index < -0.39 is 14.9 Å². The summed E-state index contributed by atoms with van der Waals surface area (Å²) < 4.78 is 27.7. The topological polar surface area (TPSA) is 83.8 Å². The van der Waals surface area contributed by atoms with E-state index in [1.54, 1.807) is 31.2 Å². The summed E-state index contributed by atoms with van der Waals surface area (Å²) >= 11 is 0. The van der Waals surface area contributed by atoms with E-state index in [0.717, 1.165) is 16.5 Å². The summed E-state index contributed by atoms with van der Waals surface area (Å²) in [5.74, 6) is 0. The monoisotopic (exact) mass is 411 g/mol. The van der Waals surface area contributed by atoms with Crippen LogP contribution in [0.1, 0.15) is 5.56 Å². The zero-order valence-corrected chi connectivity index (χ0v) is 16.8. The number of sulfonamides is 1. The van der Waals surface area contributed by atoms with Crippen molar-refractivity contribution in [2.75, 3.05) is 31.1 Å². The van der Waals surface area contributed by atoms with E-state index in [9.17, 15) is 18.5 Å². The summed E-state index contributed by atoms with van der Waals surface area (Å²) in [6.45, 7) is 3.51. The van der Waals surface area contributed by atoms with Gasteiger partial charge in [0.25, 0.3) is 5.69 Å². The van der Waals surface area contributed by atoms with E-state index in [2.05, 4.69) is 4.90 Å². The maximum Gasteiger partial charge on any atom is 0.272 e. The SMILES string of the molecule is Cc1cc(N2CCN(S(=O)(=O)c3ccc4ccccc4c3)CC2)ccc1[N+](=O)[O-]. The molecule has 0 aliphatic carbocycles. The first-order valence-corrected chi connectivity index (χ1v) is 10.8. The number of piperazine rings is 1. The van der Waals surface area contributed by atoms with Crippen molar-refractivity contribution in [1.29, 1.82) is 0 Å². The molecule has 7 nitrogen and oxygen atoms in total. The van der Waals surface area contributed by atoms with Crippen LogP contribution in [-0.2, 0) is 10.0 Å². The average Bonchev–Trinajstić information content (AvgIpc) is 2.73. The van der Waals surface area contributed by atoms with E-state index in [4.69, 9.17) is 0 Å². The predicted molar refractivity (Wildman–Crippen MR) is 113 cm³/mol. The van der Waals surface area contributed by atoms with Gasteiger partial charge in [0.1, 0.15) is 0 Å². The van der Waals surface area contributed by atoms with Gasteiger partial charge in [0.15, 0.2) is 0 Å². The van der Waals surface area contributed by atoms with Crippen LogP contribution in [0.2, 0.25) is 0 Å². The Morgan fingerprint density at radius 3 is 2.24 bits per heavy atom. The Morgan fingerprint density at radius 2 is 1.59 bits per heavy atom. The van der Waals surface area contributed by atoms with Gasteiger partial charge in [0.2, 0.25) is 10.0 Å². The van der Waals surface area contributed by atoms with Crippen molar-refractivity contribution in [3.63, 3.8) is 0 Å². The Kier molecular flexibility index (Phi) is 4.97. The molecule has 0 spiro atoms. The zero-order valence-electron chi connectivity index (χ0n) is 16.0. The number of nitrogens with zero attached hydrogens (tertiary/aromatic N) is 3. The summed E-state index contributed by atoms with van der Waals surface area (Å²) in [5.41, 5.74) is 1.56. The molecular weight excluding hydrogens is 390 g/mol. The predicted octanol–water partition coefficient (Wildman–Crippen LogP) is 3.57. The van der Waals surface area contributed by atoms with Crippen LogP contribution in [0, 0.1) is 17.0 Å². The number of benzene rings is 3. The lowest BCUT2D eigenvalue weighted by molar-refractivity contribution is -0.385. The van der Waals surface area contributed by atoms with Gasteiger partial charge in [-0.2, -0.15) is 4.31 Å². The first-order chi connectivity index (χ1) is 13.9. The van der Waals surface area contributed by atoms with Gasteiger partial charge in [0, 0.05) is 43.5 Å². The number of nitro groups is 1. The van der Waals surface area contributed by atoms with E-state index in [0.29, 0.717) is 36.6 Å². The fourth-order valence-electron chi connectivity index (χ4n) is 3.70. The number of fused-ring (bicyclic) bond motifs is 1. The Labute approximate surface area is 169 Å². The molecule has 150 valence electrons. The van der Waals surface area contributed by atoms with E-state index in [1.807, 2.05) is 30.3 Å². The maximum atomic E-state index is 13.1. The van der Waals surface area contributed by atoms with E-state index >= 15 is 0 Å². The second-order valence-corrected chi connectivity index (χ2v) is 9.07. The zero-order chi connectivity index (χ0) is 20.6. The number of hydrogen-bond acceptors (Lipinski definition) is 5. The Morgan fingerprint density at radius 1 is 0.897 bits per heavy atom. The molecule has 4 rings (SSSR count). The summed E-state index contributed by atoms with van der Waals surface area (Å²) in [5, 5.41) is 12.9. The van der Waals surface area contributed by atoms with Crippen LogP contribution in [-0.4, -0.2) is 43.8 Å². The van der Waals surface area contributed by atoms with E-state index in [1.165, 1.54) is 10.4 Å². The lowest BCUT2D eigenvalue weighted by Gasteiger charge is -2.35. The van der Waals surface area contributed by atoms with Gasteiger partial charge in [0.05, 0.1) is 9.82 Å². The van der Waals surface area contributed by atoms with Gasteiger partial charge in [-0.15, -0.1) is 0 Å². The van der Waals surface area contributed by atoms with Gasteiger partial charge in [-0.1, -0.05) is 30.3 Å². The highest BCUT2D eigenvalue weighted by molar-refractivity contribution is 7.89. The average molecular weight is 411 g/mol. The molecule has 0 amide bonds. The Balaban J connectivity index is 1.51. The molecule has 29 heavy (non-hydrogen) atoms. The van der Waals surface area contributed by atoms with Crippen molar-refractivity contribution in [3.05, 3.63) is 76.3 Å². The van der Waals surface area contributed by atoms with Gasteiger partial charge in [-0.25, -0.2) is 8.42 Å². The highest BCUT2D eigenvalue weighted by atomic mass is 32.2. The molecule has 1 aliphatic heterocycles. The number of anilines is 1. The third kappa shape index (κ3) is 3.68. The molecule has 0 atom stereocenters. The molecule has 0 saturated carbocycles. The Bertz CT molecular complexity index is 1190. The third-order valence-electron chi connectivity index (χ3n) is 5.34. The van der Waals surface area contributed by atoms with Crippen molar-refractivity contribution < 1.29 is 13.3 Å². The van der Waals surface area contributed by atoms with Crippen LogP contribution in [0.4, 0.5) is 11.4 Å². The molecule has 0 aromatic heterocycles. The molecule has 1 heterocycles. The Hall–Kier alpha value is -2.97. The molecule has 0 bridgehead atoms. The highest BCUT2D eigenvalue weighted by Gasteiger charge is 2.29. The summed E-state index contributed by atoms with van der Waals surface area (Å²) in [7, 11) is -3.57. The quantitative estimate of drug-likeness (QED) is 0.484. The lowest BCUT2D eigenvalue weighted by atomic mass is 10.1. The third-order valence-corrected chi connectivity index (χ3v) is 7.23. The van der Waals surface area contributed by atoms with Gasteiger partial charge in [-0.05, 0) is 42.0 Å².